The third-order valence-corrected chi connectivity index (χ3v) is 3.67. The summed E-state index contributed by atoms with van der Waals surface area (Å²) in [6.07, 6.45) is 1.55. The van der Waals surface area contributed by atoms with Crippen molar-refractivity contribution < 1.29 is 13.2 Å². The highest BCUT2D eigenvalue weighted by Crippen LogP contribution is 2.29. The molecule has 1 aromatic rings. The average Bonchev–Trinajstić information content (AvgIpc) is 2.46. The maximum atomic E-state index is 12.4. The quantitative estimate of drug-likeness (QED) is 0.435. The molecule has 7 heteroatoms. The Morgan fingerprint density at radius 3 is 2.27 bits per heavy atom. The van der Waals surface area contributed by atoms with Gasteiger partial charge in [0.2, 0.25) is 0 Å². The number of hydrogen-bond donors (Lipinski definition) is 2. The minimum atomic E-state index is -4.30. The number of rotatable bonds is 3. The van der Waals surface area contributed by atoms with Gasteiger partial charge in [-0.3, -0.25) is 0 Å². The van der Waals surface area contributed by atoms with Gasteiger partial charge in [0.15, 0.2) is 5.96 Å². The summed E-state index contributed by atoms with van der Waals surface area (Å²) in [5, 5.41) is 3.17. The third-order valence-electron chi connectivity index (χ3n) is 3.67. The van der Waals surface area contributed by atoms with E-state index >= 15 is 0 Å². The molecule has 0 aromatic heterocycles. The monoisotopic (exact) mass is 427 g/mol. The lowest BCUT2D eigenvalue weighted by Gasteiger charge is -2.23. The summed E-state index contributed by atoms with van der Waals surface area (Å²) in [6, 6.07) is 5.36. The van der Waals surface area contributed by atoms with E-state index in [-0.39, 0.29) is 30.5 Å². The smallest absolute Gasteiger partial charge is 0.370 e. The van der Waals surface area contributed by atoms with E-state index in [9.17, 15) is 13.2 Å². The number of alkyl halides is 3. The topological polar surface area (TPSA) is 50.4 Å². The van der Waals surface area contributed by atoms with Gasteiger partial charge in [0.05, 0.1) is 12.1 Å². The van der Waals surface area contributed by atoms with Crippen molar-refractivity contribution in [1.82, 2.24) is 5.32 Å². The van der Waals surface area contributed by atoms with Crippen molar-refractivity contribution in [2.75, 3.05) is 0 Å². The molecule has 0 unspecified atom stereocenters. The summed E-state index contributed by atoms with van der Waals surface area (Å²) >= 11 is 0. The summed E-state index contributed by atoms with van der Waals surface area (Å²) < 4.78 is 37.3. The van der Waals surface area contributed by atoms with Gasteiger partial charge in [0.25, 0.3) is 0 Å². The Balaban J connectivity index is 0.00000242. The number of halogens is 4. The lowest BCUT2D eigenvalue weighted by molar-refractivity contribution is -0.137. The van der Waals surface area contributed by atoms with Crippen molar-refractivity contribution in [1.29, 1.82) is 0 Å². The number of nitrogens with one attached hydrogen (secondary N) is 1. The van der Waals surface area contributed by atoms with E-state index in [1.165, 1.54) is 31.4 Å². The van der Waals surface area contributed by atoms with Crippen LogP contribution in [0.25, 0.3) is 0 Å². The van der Waals surface area contributed by atoms with E-state index in [2.05, 4.69) is 10.3 Å². The highest BCUT2D eigenvalue weighted by molar-refractivity contribution is 14.0. The predicted octanol–water partition coefficient (Wildman–Crippen LogP) is 4.06. The van der Waals surface area contributed by atoms with Crippen molar-refractivity contribution in [2.45, 2.75) is 50.9 Å². The number of hydrogen-bond acceptors (Lipinski definition) is 1. The third kappa shape index (κ3) is 6.02. The Morgan fingerprint density at radius 1 is 1.14 bits per heavy atom. The molecule has 1 aromatic carbocycles. The number of nitrogens with zero attached hydrogens (tertiary/aromatic N) is 1. The second-order valence-electron chi connectivity index (χ2n) is 5.38. The molecule has 0 bridgehead atoms. The van der Waals surface area contributed by atoms with Gasteiger partial charge >= 0.3 is 6.18 Å². The van der Waals surface area contributed by atoms with Crippen molar-refractivity contribution in [2.24, 2.45) is 10.7 Å². The Hall–Kier alpha value is -0.990. The zero-order valence-electron chi connectivity index (χ0n) is 12.2. The zero-order chi connectivity index (χ0) is 15.3. The number of guanidine groups is 1. The fourth-order valence-electron chi connectivity index (χ4n) is 2.48. The molecule has 1 saturated carbocycles. The number of nitrogens with two attached hydrogens (primary N) is 1. The molecule has 0 atom stereocenters. The average molecular weight is 427 g/mol. The SMILES string of the molecule is I.NC(=NCc1ccc(C(F)(F)F)cc1)NC1CCCCC1. The van der Waals surface area contributed by atoms with Crippen LogP contribution in [-0.4, -0.2) is 12.0 Å². The summed E-state index contributed by atoms with van der Waals surface area (Å²) in [5.74, 6) is 0.363. The summed E-state index contributed by atoms with van der Waals surface area (Å²) in [6.45, 7) is 0.281. The van der Waals surface area contributed by atoms with Crippen LogP contribution in [0.4, 0.5) is 13.2 Å². The fourth-order valence-corrected chi connectivity index (χ4v) is 2.48. The van der Waals surface area contributed by atoms with Crippen LogP contribution in [0.2, 0.25) is 0 Å². The molecule has 1 aliphatic rings. The highest BCUT2D eigenvalue weighted by atomic mass is 127. The second-order valence-corrected chi connectivity index (χ2v) is 5.38. The molecule has 1 aliphatic carbocycles. The molecular weight excluding hydrogens is 406 g/mol. The fraction of sp³-hybridized carbons (Fsp3) is 0.533. The molecule has 0 spiro atoms. The van der Waals surface area contributed by atoms with Crippen LogP contribution >= 0.6 is 24.0 Å². The van der Waals surface area contributed by atoms with Gasteiger partial charge in [-0.1, -0.05) is 31.4 Å². The van der Waals surface area contributed by atoms with Crippen molar-refractivity contribution in [3.63, 3.8) is 0 Å². The second kappa shape index (κ2) is 8.59. The summed E-state index contributed by atoms with van der Waals surface area (Å²) in [5.41, 5.74) is 5.87. The van der Waals surface area contributed by atoms with Crippen LogP contribution in [0.1, 0.15) is 43.2 Å². The molecule has 0 heterocycles. The Kier molecular flexibility index (Phi) is 7.44. The summed E-state index contributed by atoms with van der Waals surface area (Å²) in [7, 11) is 0. The van der Waals surface area contributed by atoms with Gasteiger partial charge in [-0.05, 0) is 30.5 Å². The lowest BCUT2D eigenvalue weighted by atomic mass is 9.96. The van der Waals surface area contributed by atoms with E-state index in [0.29, 0.717) is 17.6 Å². The Morgan fingerprint density at radius 2 is 1.73 bits per heavy atom. The molecule has 3 nitrogen and oxygen atoms in total. The van der Waals surface area contributed by atoms with Crippen LogP contribution < -0.4 is 11.1 Å². The maximum Gasteiger partial charge on any atom is 0.416 e. The molecule has 124 valence electrons. The van der Waals surface area contributed by atoms with Crippen LogP contribution in [0, 0.1) is 0 Å². The first-order valence-electron chi connectivity index (χ1n) is 7.18. The van der Waals surface area contributed by atoms with Crippen LogP contribution in [0.15, 0.2) is 29.3 Å². The van der Waals surface area contributed by atoms with Gasteiger partial charge < -0.3 is 11.1 Å². The minimum absolute atomic E-state index is 0. The molecular formula is C15H21F3IN3. The Bertz CT molecular complexity index is 480. The largest absolute Gasteiger partial charge is 0.416 e. The van der Waals surface area contributed by atoms with E-state index in [4.69, 9.17) is 5.73 Å². The molecule has 1 fully saturated rings. The lowest BCUT2D eigenvalue weighted by Crippen LogP contribution is -2.41. The number of benzene rings is 1. The molecule has 0 amide bonds. The molecule has 22 heavy (non-hydrogen) atoms. The van der Waals surface area contributed by atoms with E-state index in [1.54, 1.807) is 0 Å². The maximum absolute atomic E-state index is 12.4. The van der Waals surface area contributed by atoms with E-state index in [0.717, 1.165) is 25.0 Å². The molecule has 0 saturated heterocycles. The van der Waals surface area contributed by atoms with Crippen LogP contribution in [0.5, 0.6) is 0 Å². The van der Waals surface area contributed by atoms with Gasteiger partial charge in [0, 0.05) is 6.04 Å². The first-order chi connectivity index (χ1) is 9.95. The van der Waals surface area contributed by atoms with Gasteiger partial charge in [-0.2, -0.15) is 13.2 Å². The van der Waals surface area contributed by atoms with Crippen LogP contribution in [0.3, 0.4) is 0 Å². The first-order valence-corrected chi connectivity index (χ1v) is 7.18. The van der Waals surface area contributed by atoms with Crippen molar-refractivity contribution >= 4 is 29.9 Å². The van der Waals surface area contributed by atoms with Crippen molar-refractivity contribution in [3.05, 3.63) is 35.4 Å². The Labute approximate surface area is 145 Å². The highest BCUT2D eigenvalue weighted by Gasteiger charge is 2.29. The first kappa shape index (κ1) is 19.1. The van der Waals surface area contributed by atoms with Crippen molar-refractivity contribution in [3.8, 4) is 0 Å². The summed E-state index contributed by atoms with van der Waals surface area (Å²) in [4.78, 5) is 4.18. The van der Waals surface area contributed by atoms with E-state index in [1.807, 2.05) is 0 Å². The normalized spacial score (nSPS) is 17.0. The number of aliphatic imine (C=N–C) groups is 1. The molecule has 3 N–H and O–H groups in total. The molecule has 0 radical (unpaired) electrons. The molecule has 0 aliphatic heterocycles. The van der Waals surface area contributed by atoms with Gasteiger partial charge in [-0.25, -0.2) is 4.99 Å². The minimum Gasteiger partial charge on any atom is -0.370 e. The van der Waals surface area contributed by atoms with E-state index < -0.39 is 11.7 Å². The standard InChI is InChI=1S/C15H20F3N3.HI/c16-15(17,18)12-8-6-11(7-9-12)10-20-14(19)21-13-4-2-1-3-5-13;/h6-9,13H,1-5,10H2,(H3,19,20,21);1H. The van der Waals surface area contributed by atoms with Gasteiger partial charge in [0.1, 0.15) is 0 Å². The zero-order valence-corrected chi connectivity index (χ0v) is 14.5. The molecule has 2 rings (SSSR count). The van der Waals surface area contributed by atoms with Gasteiger partial charge in [-0.15, -0.1) is 24.0 Å². The van der Waals surface area contributed by atoms with Crippen LogP contribution in [-0.2, 0) is 12.7 Å². The predicted molar refractivity (Wildman–Crippen MR) is 92.2 cm³/mol.